The van der Waals surface area contributed by atoms with Gasteiger partial charge in [-0.15, -0.1) is 0 Å². The van der Waals surface area contributed by atoms with E-state index in [1.807, 2.05) is 30.5 Å². The minimum atomic E-state index is 0.189. The van der Waals surface area contributed by atoms with E-state index in [0.717, 1.165) is 42.4 Å². The van der Waals surface area contributed by atoms with E-state index in [9.17, 15) is 4.79 Å². The second-order valence-electron chi connectivity index (χ2n) is 8.19. The largest absolute Gasteiger partial charge is 0.333 e. The first-order valence-electron chi connectivity index (χ1n) is 10.2. The highest BCUT2D eigenvalue weighted by molar-refractivity contribution is 5.95. The molecule has 0 aliphatic heterocycles. The topological polar surface area (TPSA) is 49.0 Å². The average molecular weight is 371 g/mol. The van der Waals surface area contributed by atoms with E-state index in [1.165, 1.54) is 11.1 Å². The number of amides is 1. The molecule has 2 saturated carbocycles. The fourth-order valence-corrected chi connectivity index (χ4v) is 4.46. The number of H-pyrrole nitrogens is 1. The van der Waals surface area contributed by atoms with Crippen molar-refractivity contribution in [3.8, 4) is 11.1 Å². The van der Waals surface area contributed by atoms with Gasteiger partial charge in [-0.05, 0) is 67.3 Å². The zero-order chi connectivity index (χ0) is 19.1. The minimum Gasteiger partial charge on any atom is -0.333 e. The lowest BCUT2D eigenvalue weighted by molar-refractivity contribution is 0.0516. The molecule has 2 aliphatic rings. The summed E-state index contributed by atoms with van der Waals surface area (Å²) in [5, 5.41) is 6.83. The van der Waals surface area contributed by atoms with Gasteiger partial charge < -0.3 is 4.90 Å². The van der Waals surface area contributed by atoms with Gasteiger partial charge in [0, 0.05) is 29.4 Å². The molecule has 2 aromatic carbocycles. The van der Waals surface area contributed by atoms with Gasteiger partial charge in [-0.1, -0.05) is 36.4 Å². The number of benzene rings is 2. The summed E-state index contributed by atoms with van der Waals surface area (Å²) in [7, 11) is 0. The van der Waals surface area contributed by atoms with Crippen molar-refractivity contribution in [1.82, 2.24) is 15.1 Å². The van der Waals surface area contributed by atoms with Crippen LogP contribution in [0.2, 0.25) is 0 Å². The van der Waals surface area contributed by atoms with E-state index in [1.54, 1.807) is 6.20 Å². The zero-order valence-electron chi connectivity index (χ0n) is 16.1. The van der Waals surface area contributed by atoms with Crippen molar-refractivity contribution in [3.63, 3.8) is 0 Å². The van der Waals surface area contributed by atoms with E-state index in [2.05, 4.69) is 46.3 Å². The summed E-state index contributed by atoms with van der Waals surface area (Å²) in [6.07, 6.45) is 8.12. The Hall–Kier alpha value is -2.88. The van der Waals surface area contributed by atoms with Crippen molar-refractivity contribution in [2.24, 2.45) is 0 Å². The molecule has 2 fully saturated rings. The molecular weight excluding hydrogens is 346 g/mol. The fourth-order valence-electron chi connectivity index (χ4n) is 4.46. The predicted octanol–water partition coefficient (Wildman–Crippen LogP) is 4.94. The molecule has 0 radical (unpaired) electrons. The van der Waals surface area contributed by atoms with Crippen molar-refractivity contribution < 1.29 is 4.79 Å². The molecule has 1 amide bonds. The monoisotopic (exact) mass is 371 g/mol. The Kier molecular flexibility index (Phi) is 4.27. The van der Waals surface area contributed by atoms with Crippen molar-refractivity contribution in [2.75, 3.05) is 0 Å². The minimum absolute atomic E-state index is 0.189. The molecule has 1 N–H and O–H groups in total. The van der Waals surface area contributed by atoms with Crippen LogP contribution in [0.1, 0.15) is 53.1 Å². The number of hydrogen-bond acceptors (Lipinski definition) is 2. The summed E-state index contributed by atoms with van der Waals surface area (Å²) >= 11 is 0. The third-order valence-corrected chi connectivity index (χ3v) is 6.27. The van der Waals surface area contributed by atoms with Gasteiger partial charge in [0.2, 0.25) is 0 Å². The van der Waals surface area contributed by atoms with Crippen LogP contribution >= 0.6 is 0 Å². The number of hydrogen-bond donors (Lipinski definition) is 1. The molecule has 1 aromatic heterocycles. The summed E-state index contributed by atoms with van der Waals surface area (Å²) in [5.41, 5.74) is 5.72. The summed E-state index contributed by atoms with van der Waals surface area (Å²) in [4.78, 5) is 15.5. The van der Waals surface area contributed by atoms with Crippen LogP contribution < -0.4 is 0 Å². The van der Waals surface area contributed by atoms with Gasteiger partial charge in [0.1, 0.15) is 0 Å². The van der Waals surface area contributed by atoms with E-state index in [0.29, 0.717) is 18.0 Å². The molecule has 5 rings (SSSR count). The number of aromatic nitrogens is 2. The number of aromatic amines is 1. The Morgan fingerprint density at radius 2 is 1.75 bits per heavy atom. The number of aryl methyl sites for hydroxylation is 1. The second kappa shape index (κ2) is 6.93. The van der Waals surface area contributed by atoms with Gasteiger partial charge in [0.15, 0.2) is 0 Å². The number of rotatable bonds is 5. The highest BCUT2D eigenvalue weighted by Gasteiger charge is 2.43. The van der Waals surface area contributed by atoms with Crippen LogP contribution in [-0.4, -0.2) is 33.1 Å². The zero-order valence-corrected chi connectivity index (χ0v) is 16.1. The fraction of sp³-hybridized carbons (Fsp3) is 0.333. The Labute approximate surface area is 165 Å². The molecule has 0 saturated heterocycles. The number of carbonyl (C=O) groups is 1. The molecule has 142 valence electrons. The number of nitrogens with one attached hydrogen (secondary N) is 1. The first-order chi connectivity index (χ1) is 13.7. The highest BCUT2D eigenvalue weighted by Crippen LogP contribution is 2.45. The van der Waals surface area contributed by atoms with Crippen LogP contribution in [-0.2, 0) is 0 Å². The number of nitrogens with zero attached hydrogens (tertiary/aromatic N) is 2. The van der Waals surface area contributed by atoms with Crippen LogP contribution in [0.5, 0.6) is 0 Å². The predicted molar refractivity (Wildman–Crippen MR) is 110 cm³/mol. The third kappa shape index (κ3) is 3.13. The first-order valence-corrected chi connectivity index (χ1v) is 10.2. The maximum atomic E-state index is 13.3. The molecule has 28 heavy (non-hydrogen) atoms. The highest BCUT2D eigenvalue weighted by atomic mass is 16.2. The molecule has 0 unspecified atom stereocenters. The maximum Gasteiger partial charge on any atom is 0.254 e. The van der Waals surface area contributed by atoms with Crippen molar-refractivity contribution in [2.45, 2.75) is 50.6 Å². The third-order valence-electron chi connectivity index (χ3n) is 6.27. The van der Waals surface area contributed by atoms with Gasteiger partial charge in [0.05, 0.1) is 6.20 Å². The average Bonchev–Trinajstić information content (AvgIpc) is 3.37. The van der Waals surface area contributed by atoms with Crippen LogP contribution in [0.3, 0.4) is 0 Å². The van der Waals surface area contributed by atoms with E-state index >= 15 is 0 Å². The maximum absolute atomic E-state index is 13.3. The molecule has 4 heteroatoms. The molecule has 0 bridgehead atoms. The summed E-state index contributed by atoms with van der Waals surface area (Å²) in [6, 6.07) is 17.4. The quantitative estimate of drug-likeness (QED) is 0.691. The van der Waals surface area contributed by atoms with Gasteiger partial charge in [0.25, 0.3) is 5.91 Å². The Morgan fingerprint density at radius 1 is 1.00 bits per heavy atom. The lowest BCUT2D eigenvalue weighted by Crippen LogP contribution is -2.48. The Balaban J connectivity index is 1.31. The standard InChI is InChI=1S/C24H25N3O/c1-16-4-2-3-5-23(16)19-12-22(13-19)27(21-10-11-21)24(28)18-8-6-17(7-9-18)20-14-25-26-15-20/h2-9,14-15,19,21-22H,10-13H2,1H3,(H,25,26). The molecule has 4 nitrogen and oxygen atoms in total. The van der Waals surface area contributed by atoms with E-state index in [-0.39, 0.29) is 5.91 Å². The summed E-state index contributed by atoms with van der Waals surface area (Å²) in [6.45, 7) is 2.19. The molecule has 1 heterocycles. The molecule has 0 atom stereocenters. The van der Waals surface area contributed by atoms with Gasteiger partial charge in [-0.25, -0.2) is 0 Å². The first kappa shape index (κ1) is 17.2. The Bertz CT molecular complexity index is 967. The molecule has 3 aromatic rings. The normalized spacial score (nSPS) is 21.2. The van der Waals surface area contributed by atoms with Gasteiger partial charge >= 0.3 is 0 Å². The smallest absolute Gasteiger partial charge is 0.254 e. The molecular formula is C24H25N3O. The lowest BCUT2D eigenvalue weighted by atomic mass is 9.73. The van der Waals surface area contributed by atoms with Crippen LogP contribution in [0, 0.1) is 6.92 Å². The Morgan fingerprint density at radius 3 is 2.39 bits per heavy atom. The summed E-state index contributed by atoms with van der Waals surface area (Å²) < 4.78 is 0. The SMILES string of the molecule is Cc1ccccc1C1CC(N(C(=O)c2ccc(-c3cn[nH]c3)cc2)C2CC2)C1. The van der Waals surface area contributed by atoms with Crippen molar-refractivity contribution >= 4 is 5.91 Å². The molecule has 0 spiro atoms. The number of carbonyl (C=O) groups excluding carboxylic acids is 1. The summed E-state index contributed by atoms with van der Waals surface area (Å²) in [5.74, 6) is 0.776. The van der Waals surface area contributed by atoms with Crippen LogP contribution in [0.4, 0.5) is 0 Å². The van der Waals surface area contributed by atoms with Crippen LogP contribution in [0.25, 0.3) is 11.1 Å². The van der Waals surface area contributed by atoms with Crippen LogP contribution in [0.15, 0.2) is 60.9 Å². The second-order valence-corrected chi connectivity index (χ2v) is 8.19. The lowest BCUT2D eigenvalue weighted by Gasteiger charge is -2.44. The van der Waals surface area contributed by atoms with Crippen molar-refractivity contribution in [1.29, 1.82) is 0 Å². The van der Waals surface area contributed by atoms with E-state index < -0.39 is 0 Å². The van der Waals surface area contributed by atoms with E-state index in [4.69, 9.17) is 0 Å². The van der Waals surface area contributed by atoms with Crippen molar-refractivity contribution in [3.05, 3.63) is 77.6 Å². The van der Waals surface area contributed by atoms with Gasteiger partial charge in [-0.2, -0.15) is 5.10 Å². The van der Waals surface area contributed by atoms with Gasteiger partial charge in [-0.3, -0.25) is 9.89 Å². The molecule has 2 aliphatic carbocycles.